The second-order valence-corrected chi connectivity index (χ2v) is 6.66. The summed E-state index contributed by atoms with van der Waals surface area (Å²) >= 11 is 0. The highest BCUT2D eigenvalue weighted by Crippen LogP contribution is 2.37. The number of hydrogen-bond donors (Lipinski definition) is 1. The van der Waals surface area contributed by atoms with Crippen LogP contribution in [-0.4, -0.2) is 27.0 Å². The third-order valence-corrected chi connectivity index (χ3v) is 4.81. The van der Waals surface area contributed by atoms with Crippen molar-refractivity contribution in [1.82, 2.24) is 14.9 Å². The fraction of sp³-hybridized carbons (Fsp3) is 0.130. The average molecular weight is 355 g/mol. The van der Waals surface area contributed by atoms with E-state index in [1.54, 1.807) is 18.6 Å². The van der Waals surface area contributed by atoms with Crippen LogP contribution in [0.15, 0.2) is 85.3 Å². The zero-order valence-electron chi connectivity index (χ0n) is 15.2. The smallest absolute Gasteiger partial charge is 0.146 e. The first-order valence-electron chi connectivity index (χ1n) is 8.95. The molecule has 4 heteroatoms. The fourth-order valence-corrected chi connectivity index (χ4v) is 3.55. The molecule has 0 saturated heterocycles. The van der Waals surface area contributed by atoms with Gasteiger partial charge in [-0.05, 0) is 36.4 Å². The molecule has 0 saturated carbocycles. The number of aromatic hydroxyl groups is 1. The van der Waals surface area contributed by atoms with Gasteiger partial charge in [0.05, 0.1) is 6.04 Å². The predicted octanol–water partition coefficient (Wildman–Crippen LogP) is 4.56. The second-order valence-electron chi connectivity index (χ2n) is 6.66. The molecule has 0 bridgehead atoms. The monoisotopic (exact) mass is 355 g/mol. The topological polar surface area (TPSA) is 49.2 Å². The lowest BCUT2D eigenvalue weighted by Gasteiger charge is -2.29. The van der Waals surface area contributed by atoms with Crippen LogP contribution in [0.1, 0.15) is 22.7 Å². The Morgan fingerprint density at radius 3 is 2.44 bits per heavy atom. The van der Waals surface area contributed by atoms with Gasteiger partial charge in [0.2, 0.25) is 0 Å². The van der Waals surface area contributed by atoms with Crippen LogP contribution in [0.4, 0.5) is 0 Å². The van der Waals surface area contributed by atoms with Gasteiger partial charge in [-0.3, -0.25) is 14.9 Å². The van der Waals surface area contributed by atoms with Crippen LogP contribution >= 0.6 is 0 Å². The number of phenolic OH excluding ortho intramolecular Hbond substituents is 1. The lowest BCUT2D eigenvalue weighted by Crippen LogP contribution is -2.25. The molecule has 0 aliphatic carbocycles. The number of pyridine rings is 2. The maximum Gasteiger partial charge on any atom is 0.146 e. The summed E-state index contributed by atoms with van der Waals surface area (Å²) in [6.45, 7) is 0.757. The third kappa shape index (κ3) is 3.52. The molecule has 0 aliphatic rings. The largest absolute Gasteiger partial charge is 0.505 e. The quantitative estimate of drug-likeness (QED) is 0.570. The van der Waals surface area contributed by atoms with Gasteiger partial charge in [-0.25, -0.2) is 0 Å². The molecular weight excluding hydrogens is 334 g/mol. The number of rotatable bonds is 5. The van der Waals surface area contributed by atoms with Crippen molar-refractivity contribution in [2.75, 3.05) is 7.05 Å². The Morgan fingerprint density at radius 2 is 1.67 bits per heavy atom. The molecule has 134 valence electrons. The Bertz CT molecular complexity index is 1040. The molecule has 4 aromatic rings. The van der Waals surface area contributed by atoms with E-state index in [0.717, 1.165) is 23.1 Å². The SMILES string of the molecule is CN(Cc1ccccc1)C(c1ccncc1)c1ccc2cccnc2c1O. The summed E-state index contributed by atoms with van der Waals surface area (Å²) in [6.07, 6.45) is 5.28. The van der Waals surface area contributed by atoms with Gasteiger partial charge in [-0.2, -0.15) is 0 Å². The first-order valence-corrected chi connectivity index (χ1v) is 8.95. The van der Waals surface area contributed by atoms with Crippen molar-refractivity contribution in [3.63, 3.8) is 0 Å². The zero-order valence-corrected chi connectivity index (χ0v) is 15.2. The number of benzene rings is 2. The lowest BCUT2D eigenvalue weighted by molar-refractivity contribution is 0.265. The van der Waals surface area contributed by atoms with Crippen molar-refractivity contribution in [2.24, 2.45) is 0 Å². The molecule has 1 N–H and O–H groups in total. The molecule has 0 fully saturated rings. The number of phenols is 1. The molecular formula is C23H21N3O. The summed E-state index contributed by atoms with van der Waals surface area (Å²) in [7, 11) is 2.07. The van der Waals surface area contributed by atoms with Gasteiger partial charge in [-0.15, -0.1) is 0 Å². The number of nitrogens with zero attached hydrogens (tertiary/aromatic N) is 3. The Hall–Kier alpha value is -3.24. The zero-order chi connectivity index (χ0) is 18.6. The van der Waals surface area contributed by atoms with Crippen LogP contribution in [-0.2, 0) is 6.54 Å². The third-order valence-electron chi connectivity index (χ3n) is 4.81. The van der Waals surface area contributed by atoms with E-state index in [9.17, 15) is 5.11 Å². The van der Waals surface area contributed by atoms with E-state index in [2.05, 4.69) is 34.0 Å². The van der Waals surface area contributed by atoms with Crippen molar-refractivity contribution in [3.05, 3.63) is 102 Å². The second kappa shape index (κ2) is 7.56. The van der Waals surface area contributed by atoms with E-state index < -0.39 is 0 Å². The Labute approximate surface area is 158 Å². The maximum atomic E-state index is 11.0. The number of hydrogen-bond acceptors (Lipinski definition) is 4. The molecule has 0 aliphatic heterocycles. The highest BCUT2D eigenvalue weighted by molar-refractivity contribution is 5.85. The Balaban J connectivity index is 1.80. The summed E-state index contributed by atoms with van der Waals surface area (Å²) in [5, 5.41) is 11.9. The first kappa shape index (κ1) is 17.2. The predicted molar refractivity (Wildman–Crippen MR) is 107 cm³/mol. The Kier molecular flexibility index (Phi) is 4.81. The molecule has 4 rings (SSSR count). The van der Waals surface area contributed by atoms with Crippen LogP contribution < -0.4 is 0 Å². The summed E-state index contributed by atoms with van der Waals surface area (Å²) < 4.78 is 0. The van der Waals surface area contributed by atoms with Gasteiger partial charge in [0.15, 0.2) is 0 Å². The molecule has 1 atom stereocenters. The molecule has 0 radical (unpaired) electrons. The molecule has 27 heavy (non-hydrogen) atoms. The van der Waals surface area contributed by atoms with E-state index in [4.69, 9.17) is 0 Å². The van der Waals surface area contributed by atoms with E-state index in [-0.39, 0.29) is 11.8 Å². The minimum Gasteiger partial charge on any atom is -0.505 e. The summed E-state index contributed by atoms with van der Waals surface area (Å²) in [6, 6.07) is 22.1. The highest BCUT2D eigenvalue weighted by atomic mass is 16.3. The minimum absolute atomic E-state index is 0.111. The van der Waals surface area contributed by atoms with Crippen LogP contribution in [0.3, 0.4) is 0 Å². The van der Waals surface area contributed by atoms with Crippen LogP contribution in [0.2, 0.25) is 0 Å². The van der Waals surface area contributed by atoms with Gasteiger partial charge in [0, 0.05) is 36.1 Å². The van der Waals surface area contributed by atoms with Crippen molar-refractivity contribution < 1.29 is 5.11 Å². The van der Waals surface area contributed by atoms with Gasteiger partial charge >= 0.3 is 0 Å². The molecule has 2 aromatic heterocycles. The van der Waals surface area contributed by atoms with E-state index >= 15 is 0 Å². The van der Waals surface area contributed by atoms with Crippen molar-refractivity contribution in [1.29, 1.82) is 0 Å². The van der Waals surface area contributed by atoms with Crippen molar-refractivity contribution in [3.8, 4) is 5.75 Å². The standard InChI is InChI=1S/C23H21N3O/c1-26(16-17-6-3-2-4-7-17)22(19-11-14-24-15-12-19)20-10-9-18-8-5-13-25-21(18)23(20)27/h2-15,22,27H,16H2,1H3. The van der Waals surface area contributed by atoms with Crippen LogP contribution in [0.5, 0.6) is 5.75 Å². The Morgan fingerprint density at radius 1 is 0.889 bits per heavy atom. The summed E-state index contributed by atoms with van der Waals surface area (Å²) in [5.41, 5.74) is 3.76. The molecule has 4 nitrogen and oxygen atoms in total. The van der Waals surface area contributed by atoms with Crippen LogP contribution in [0, 0.1) is 0 Å². The van der Waals surface area contributed by atoms with E-state index in [1.165, 1.54) is 5.56 Å². The maximum absolute atomic E-state index is 11.0. The van der Waals surface area contributed by atoms with Gasteiger partial charge in [0.1, 0.15) is 11.3 Å². The van der Waals surface area contributed by atoms with Gasteiger partial charge in [0.25, 0.3) is 0 Å². The molecule has 1 unspecified atom stereocenters. The molecule has 0 amide bonds. The van der Waals surface area contributed by atoms with E-state index in [1.807, 2.05) is 54.6 Å². The van der Waals surface area contributed by atoms with Gasteiger partial charge < -0.3 is 5.11 Å². The average Bonchev–Trinajstić information content (AvgIpc) is 2.72. The summed E-state index contributed by atoms with van der Waals surface area (Å²) in [5.74, 6) is 0.231. The van der Waals surface area contributed by atoms with Crippen molar-refractivity contribution >= 4 is 10.9 Å². The molecule has 2 heterocycles. The van der Waals surface area contributed by atoms with E-state index in [0.29, 0.717) is 5.52 Å². The molecule has 0 spiro atoms. The highest BCUT2D eigenvalue weighted by Gasteiger charge is 2.24. The fourth-order valence-electron chi connectivity index (χ4n) is 3.55. The van der Waals surface area contributed by atoms with Crippen LogP contribution in [0.25, 0.3) is 10.9 Å². The summed E-state index contributed by atoms with van der Waals surface area (Å²) in [4.78, 5) is 10.8. The minimum atomic E-state index is -0.111. The van der Waals surface area contributed by atoms with Gasteiger partial charge in [-0.1, -0.05) is 48.5 Å². The van der Waals surface area contributed by atoms with Crippen molar-refractivity contribution in [2.45, 2.75) is 12.6 Å². The number of fused-ring (bicyclic) bond motifs is 1. The normalized spacial score (nSPS) is 12.4. The molecule has 2 aromatic carbocycles. The lowest BCUT2D eigenvalue weighted by atomic mass is 9.95. The first-order chi connectivity index (χ1) is 13.2. The number of aromatic nitrogens is 2.